The number of carbonyl (C=O) groups is 2. The summed E-state index contributed by atoms with van der Waals surface area (Å²) in [6, 6.07) is 1.61. The van der Waals surface area contributed by atoms with Crippen LogP contribution in [0.4, 0.5) is 0 Å². The minimum absolute atomic E-state index is 0.308. The molecule has 3 heteroatoms. The van der Waals surface area contributed by atoms with E-state index >= 15 is 0 Å². The first-order valence-corrected chi connectivity index (χ1v) is 3.96. The van der Waals surface area contributed by atoms with Crippen LogP contribution >= 0.6 is 0 Å². The molecule has 0 unspecified atom stereocenters. The van der Waals surface area contributed by atoms with E-state index < -0.39 is 5.78 Å². The molecule has 1 rings (SSSR count). The second kappa shape index (κ2) is 3.85. The maximum atomic E-state index is 11.2. The monoisotopic (exact) mass is 165 g/mol. The number of rotatable bonds is 4. The van der Waals surface area contributed by atoms with Crippen molar-refractivity contribution >= 4 is 11.6 Å². The summed E-state index contributed by atoms with van der Waals surface area (Å²) in [5.74, 6) is -0.699. The maximum Gasteiger partial charge on any atom is 0.230 e. The van der Waals surface area contributed by atoms with Gasteiger partial charge in [0.05, 0.1) is 0 Å². The van der Waals surface area contributed by atoms with E-state index in [-0.39, 0.29) is 5.78 Å². The van der Waals surface area contributed by atoms with Crippen molar-refractivity contribution in [1.82, 2.24) is 4.98 Å². The van der Waals surface area contributed by atoms with Crippen LogP contribution in [-0.2, 0) is 4.79 Å². The normalized spacial score (nSPS) is 9.75. The second-order valence-electron chi connectivity index (χ2n) is 2.60. The van der Waals surface area contributed by atoms with Crippen LogP contribution in [0.5, 0.6) is 0 Å². The van der Waals surface area contributed by atoms with Gasteiger partial charge in [0.25, 0.3) is 0 Å². The largest absolute Gasteiger partial charge is 0.367 e. The number of nitrogens with one attached hydrogen (secondary N) is 1. The summed E-state index contributed by atoms with van der Waals surface area (Å²) in [4.78, 5) is 25.0. The van der Waals surface area contributed by atoms with Crippen LogP contribution in [0.1, 0.15) is 30.1 Å². The molecule has 0 fully saturated rings. The molecule has 3 nitrogen and oxygen atoms in total. The molecule has 0 radical (unpaired) electrons. The van der Waals surface area contributed by atoms with Crippen molar-refractivity contribution in [2.45, 2.75) is 19.8 Å². The van der Waals surface area contributed by atoms with Crippen LogP contribution in [0, 0.1) is 0 Å². The number of aromatic nitrogens is 1. The lowest BCUT2D eigenvalue weighted by Crippen LogP contribution is -2.12. The topological polar surface area (TPSA) is 49.9 Å². The van der Waals surface area contributed by atoms with Gasteiger partial charge in [-0.3, -0.25) is 9.59 Å². The van der Waals surface area contributed by atoms with Crippen LogP contribution in [-0.4, -0.2) is 16.6 Å². The Morgan fingerprint density at radius 1 is 1.50 bits per heavy atom. The van der Waals surface area contributed by atoms with Crippen molar-refractivity contribution in [3.63, 3.8) is 0 Å². The Labute approximate surface area is 70.8 Å². The molecule has 0 aliphatic heterocycles. The molecule has 0 saturated carbocycles. The third-order valence-electron chi connectivity index (χ3n) is 1.59. The lowest BCUT2D eigenvalue weighted by molar-refractivity contribution is -0.115. The summed E-state index contributed by atoms with van der Waals surface area (Å²) in [6.45, 7) is 1.88. The summed E-state index contributed by atoms with van der Waals surface area (Å²) in [7, 11) is 0. The van der Waals surface area contributed by atoms with Crippen LogP contribution in [0.2, 0.25) is 0 Å². The van der Waals surface area contributed by atoms with Gasteiger partial charge >= 0.3 is 0 Å². The first-order chi connectivity index (χ1) is 5.75. The minimum atomic E-state index is -0.391. The van der Waals surface area contributed by atoms with Gasteiger partial charge in [-0.15, -0.1) is 0 Å². The molecule has 0 atom stereocenters. The molecule has 1 heterocycles. The number of H-pyrrole nitrogens is 1. The van der Waals surface area contributed by atoms with Crippen LogP contribution in [0.15, 0.2) is 18.5 Å². The van der Waals surface area contributed by atoms with Crippen molar-refractivity contribution in [2.24, 2.45) is 0 Å². The van der Waals surface area contributed by atoms with Crippen molar-refractivity contribution in [2.75, 3.05) is 0 Å². The van der Waals surface area contributed by atoms with Gasteiger partial charge in [-0.2, -0.15) is 0 Å². The summed E-state index contributed by atoms with van der Waals surface area (Å²) in [5.41, 5.74) is 0.452. The number of Topliss-reactive ketones (excluding diaryl/α,β-unsaturated/α-hetero) is 2. The molecule has 0 aliphatic carbocycles. The first-order valence-electron chi connectivity index (χ1n) is 3.96. The summed E-state index contributed by atoms with van der Waals surface area (Å²) < 4.78 is 0. The van der Waals surface area contributed by atoms with Gasteiger partial charge in [0.2, 0.25) is 11.6 Å². The number of hydrogen-bond donors (Lipinski definition) is 1. The van der Waals surface area contributed by atoms with E-state index in [4.69, 9.17) is 0 Å². The Morgan fingerprint density at radius 3 is 2.75 bits per heavy atom. The SMILES string of the molecule is CCCC(=O)C(=O)c1cc[nH]c1. The fraction of sp³-hybridized carbons (Fsp3) is 0.333. The first kappa shape index (κ1) is 8.71. The maximum absolute atomic E-state index is 11.2. The molecule has 1 aromatic heterocycles. The standard InChI is InChI=1S/C9H11NO2/c1-2-3-8(11)9(12)7-4-5-10-6-7/h4-6,10H,2-3H2,1H3. The quantitative estimate of drug-likeness (QED) is 0.543. The van der Waals surface area contributed by atoms with E-state index in [1.54, 1.807) is 12.3 Å². The number of ketones is 2. The molecule has 0 spiro atoms. The van der Waals surface area contributed by atoms with Crippen molar-refractivity contribution in [3.05, 3.63) is 24.0 Å². The Morgan fingerprint density at radius 2 is 2.25 bits per heavy atom. The average Bonchev–Trinajstić information content (AvgIpc) is 2.55. The van der Waals surface area contributed by atoms with Gasteiger partial charge in [0.15, 0.2) is 0 Å². The summed E-state index contributed by atoms with van der Waals surface area (Å²) >= 11 is 0. The van der Waals surface area contributed by atoms with Gasteiger partial charge in [0, 0.05) is 24.4 Å². The van der Waals surface area contributed by atoms with Gasteiger partial charge in [0.1, 0.15) is 0 Å². The molecule has 64 valence electrons. The Balaban J connectivity index is 2.66. The highest BCUT2D eigenvalue weighted by molar-refractivity contribution is 6.43. The van der Waals surface area contributed by atoms with Gasteiger partial charge in [-0.05, 0) is 12.5 Å². The van der Waals surface area contributed by atoms with Crippen LogP contribution in [0.3, 0.4) is 0 Å². The fourth-order valence-electron chi connectivity index (χ4n) is 0.967. The van der Waals surface area contributed by atoms with E-state index in [2.05, 4.69) is 4.98 Å². The van der Waals surface area contributed by atoms with Crippen LogP contribution < -0.4 is 0 Å². The Kier molecular flexibility index (Phi) is 2.80. The molecule has 0 aliphatic rings. The molecule has 1 aromatic rings. The van der Waals surface area contributed by atoms with Gasteiger partial charge in [-0.1, -0.05) is 6.92 Å². The van der Waals surface area contributed by atoms with Gasteiger partial charge < -0.3 is 4.98 Å². The molecule has 0 amide bonds. The minimum Gasteiger partial charge on any atom is -0.367 e. The van der Waals surface area contributed by atoms with Crippen LogP contribution in [0.25, 0.3) is 0 Å². The average molecular weight is 165 g/mol. The van der Waals surface area contributed by atoms with Crippen molar-refractivity contribution < 1.29 is 9.59 Å². The Bertz CT molecular complexity index is 275. The van der Waals surface area contributed by atoms with Crippen molar-refractivity contribution in [3.8, 4) is 0 Å². The zero-order chi connectivity index (χ0) is 8.97. The highest BCUT2D eigenvalue weighted by Crippen LogP contribution is 2.02. The lowest BCUT2D eigenvalue weighted by atomic mass is 10.1. The molecular formula is C9H11NO2. The van der Waals surface area contributed by atoms with E-state index in [0.29, 0.717) is 12.0 Å². The molecule has 12 heavy (non-hydrogen) atoms. The molecular weight excluding hydrogens is 154 g/mol. The predicted octanol–water partition coefficient (Wildman–Crippen LogP) is 1.57. The van der Waals surface area contributed by atoms with E-state index in [1.807, 2.05) is 6.92 Å². The summed E-state index contributed by atoms with van der Waals surface area (Å²) in [5, 5.41) is 0. The van der Waals surface area contributed by atoms with E-state index in [1.165, 1.54) is 6.20 Å². The molecule has 0 saturated heterocycles. The van der Waals surface area contributed by atoms with E-state index in [9.17, 15) is 9.59 Å². The third-order valence-corrected chi connectivity index (χ3v) is 1.59. The zero-order valence-electron chi connectivity index (χ0n) is 6.96. The number of hydrogen-bond acceptors (Lipinski definition) is 2. The molecule has 0 bridgehead atoms. The van der Waals surface area contributed by atoms with Crippen molar-refractivity contribution in [1.29, 1.82) is 0 Å². The molecule has 1 N–H and O–H groups in total. The highest BCUT2D eigenvalue weighted by Gasteiger charge is 2.14. The lowest BCUT2D eigenvalue weighted by Gasteiger charge is -1.93. The predicted molar refractivity (Wildman–Crippen MR) is 45.0 cm³/mol. The highest BCUT2D eigenvalue weighted by atomic mass is 16.2. The zero-order valence-corrected chi connectivity index (χ0v) is 6.96. The number of aromatic amines is 1. The smallest absolute Gasteiger partial charge is 0.230 e. The molecule has 0 aromatic carbocycles. The second-order valence-corrected chi connectivity index (χ2v) is 2.60. The third kappa shape index (κ3) is 1.81. The fourth-order valence-corrected chi connectivity index (χ4v) is 0.967. The van der Waals surface area contributed by atoms with E-state index in [0.717, 1.165) is 6.42 Å². The number of carbonyl (C=O) groups excluding carboxylic acids is 2. The van der Waals surface area contributed by atoms with Gasteiger partial charge in [-0.25, -0.2) is 0 Å². The Hall–Kier alpha value is -1.38. The summed E-state index contributed by atoms with van der Waals surface area (Å²) in [6.07, 6.45) is 4.22.